The van der Waals surface area contributed by atoms with Crippen LogP contribution in [0.2, 0.25) is 0 Å². The average molecular weight is 266 g/mol. The maximum Gasteiger partial charge on any atom is 0.117 e. The number of fused-ring (bicyclic) bond motifs is 1. The summed E-state index contributed by atoms with van der Waals surface area (Å²) in [5.41, 5.74) is 1.09. The van der Waals surface area contributed by atoms with Crippen molar-refractivity contribution in [1.82, 2.24) is 4.37 Å². The summed E-state index contributed by atoms with van der Waals surface area (Å²) in [5, 5.41) is 6.01. The van der Waals surface area contributed by atoms with Gasteiger partial charge in [-0.15, -0.1) is 0 Å². The lowest BCUT2D eigenvalue weighted by Gasteiger charge is -2.13. The SMILES string of the molecule is CCSCCC(C)Nc1snc2ccccc12. The number of hydrogen-bond acceptors (Lipinski definition) is 4. The first-order chi connectivity index (χ1) is 8.31. The quantitative estimate of drug-likeness (QED) is 0.792. The van der Waals surface area contributed by atoms with Crippen LogP contribution in [0.4, 0.5) is 5.00 Å². The monoisotopic (exact) mass is 266 g/mol. The summed E-state index contributed by atoms with van der Waals surface area (Å²) in [7, 11) is 0. The van der Waals surface area contributed by atoms with Crippen LogP contribution in [-0.4, -0.2) is 21.9 Å². The van der Waals surface area contributed by atoms with Crippen molar-refractivity contribution in [2.24, 2.45) is 0 Å². The summed E-state index contributed by atoms with van der Waals surface area (Å²) >= 11 is 3.56. The molecular formula is C13H18N2S2. The number of hydrogen-bond donors (Lipinski definition) is 1. The molecule has 0 saturated carbocycles. The van der Waals surface area contributed by atoms with Gasteiger partial charge >= 0.3 is 0 Å². The molecule has 0 aliphatic carbocycles. The Hall–Kier alpha value is -0.740. The van der Waals surface area contributed by atoms with Gasteiger partial charge in [0.15, 0.2) is 0 Å². The van der Waals surface area contributed by atoms with Gasteiger partial charge in [0.2, 0.25) is 0 Å². The molecule has 0 spiro atoms. The summed E-state index contributed by atoms with van der Waals surface area (Å²) in [5.74, 6) is 2.43. The molecule has 92 valence electrons. The van der Waals surface area contributed by atoms with E-state index < -0.39 is 0 Å². The highest BCUT2D eigenvalue weighted by molar-refractivity contribution is 7.99. The zero-order valence-corrected chi connectivity index (χ0v) is 11.9. The van der Waals surface area contributed by atoms with Crippen LogP contribution in [0, 0.1) is 0 Å². The molecule has 1 N–H and O–H groups in total. The molecule has 0 bridgehead atoms. The number of anilines is 1. The van der Waals surface area contributed by atoms with E-state index in [0.29, 0.717) is 6.04 Å². The molecule has 0 radical (unpaired) electrons. The molecule has 1 atom stereocenters. The van der Waals surface area contributed by atoms with E-state index in [1.54, 1.807) is 11.5 Å². The summed E-state index contributed by atoms with van der Waals surface area (Å²) in [6.07, 6.45) is 1.20. The zero-order valence-electron chi connectivity index (χ0n) is 10.3. The highest BCUT2D eigenvalue weighted by Crippen LogP contribution is 2.28. The van der Waals surface area contributed by atoms with Crippen LogP contribution < -0.4 is 5.32 Å². The highest BCUT2D eigenvalue weighted by Gasteiger charge is 2.08. The van der Waals surface area contributed by atoms with Gasteiger partial charge in [0.05, 0.1) is 5.52 Å². The first kappa shape index (κ1) is 12.7. The van der Waals surface area contributed by atoms with E-state index in [-0.39, 0.29) is 0 Å². The van der Waals surface area contributed by atoms with Crippen LogP contribution in [0.5, 0.6) is 0 Å². The Morgan fingerprint density at radius 3 is 3.06 bits per heavy atom. The molecule has 0 aliphatic rings. The molecule has 1 aromatic heterocycles. The van der Waals surface area contributed by atoms with Crippen molar-refractivity contribution in [3.63, 3.8) is 0 Å². The largest absolute Gasteiger partial charge is 0.373 e. The summed E-state index contributed by atoms with van der Waals surface area (Å²) < 4.78 is 4.44. The molecule has 17 heavy (non-hydrogen) atoms. The Labute approximate surface area is 111 Å². The molecular weight excluding hydrogens is 248 g/mol. The van der Waals surface area contributed by atoms with Crippen molar-refractivity contribution in [2.75, 3.05) is 16.8 Å². The van der Waals surface area contributed by atoms with Gasteiger partial charge in [0, 0.05) is 11.4 Å². The van der Waals surface area contributed by atoms with E-state index in [9.17, 15) is 0 Å². The normalized spacial score (nSPS) is 12.8. The third-order valence-electron chi connectivity index (χ3n) is 2.66. The minimum absolute atomic E-state index is 0.512. The molecule has 4 heteroatoms. The van der Waals surface area contributed by atoms with Gasteiger partial charge in [0.1, 0.15) is 5.00 Å². The maximum atomic E-state index is 4.44. The van der Waals surface area contributed by atoms with Crippen LogP contribution in [0.3, 0.4) is 0 Å². The van der Waals surface area contributed by atoms with E-state index in [0.717, 1.165) is 5.52 Å². The number of benzene rings is 1. The molecule has 0 aliphatic heterocycles. The first-order valence-electron chi connectivity index (χ1n) is 6.00. The van der Waals surface area contributed by atoms with Crippen molar-refractivity contribution in [1.29, 1.82) is 0 Å². The minimum Gasteiger partial charge on any atom is -0.373 e. The van der Waals surface area contributed by atoms with E-state index in [4.69, 9.17) is 0 Å². The Balaban J connectivity index is 1.98. The number of aromatic nitrogens is 1. The van der Waals surface area contributed by atoms with Crippen LogP contribution in [0.25, 0.3) is 10.9 Å². The van der Waals surface area contributed by atoms with E-state index in [1.807, 2.05) is 17.8 Å². The second-order valence-electron chi connectivity index (χ2n) is 4.06. The predicted molar refractivity (Wildman–Crippen MR) is 80.3 cm³/mol. The Kier molecular flexibility index (Phi) is 4.68. The van der Waals surface area contributed by atoms with E-state index >= 15 is 0 Å². The molecule has 0 amide bonds. The van der Waals surface area contributed by atoms with E-state index in [2.05, 4.69) is 41.7 Å². The molecule has 0 saturated heterocycles. The summed E-state index contributed by atoms with van der Waals surface area (Å²) in [6, 6.07) is 8.81. The molecule has 2 aromatic rings. The Morgan fingerprint density at radius 1 is 1.41 bits per heavy atom. The van der Waals surface area contributed by atoms with Crippen molar-refractivity contribution in [3.8, 4) is 0 Å². The molecule has 0 fully saturated rings. The fourth-order valence-electron chi connectivity index (χ4n) is 1.69. The van der Waals surface area contributed by atoms with E-state index in [1.165, 1.54) is 28.3 Å². The molecule has 1 heterocycles. The standard InChI is InChI=1S/C13H18N2S2/c1-3-16-9-8-10(2)14-13-11-6-4-5-7-12(11)15-17-13/h4-7,10,14H,3,8-9H2,1-2H3. The lowest BCUT2D eigenvalue weighted by Crippen LogP contribution is -2.15. The molecule has 2 rings (SSSR count). The van der Waals surface area contributed by atoms with Crippen LogP contribution in [-0.2, 0) is 0 Å². The fraction of sp³-hybridized carbons (Fsp3) is 0.462. The Morgan fingerprint density at radius 2 is 2.24 bits per heavy atom. The maximum absolute atomic E-state index is 4.44. The van der Waals surface area contributed by atoms with Gasteiger partial charge in [-0.05, 0) is 48.5 Å². The molecule has 2 nitrogen and oxygen atoms in total. The second-order valence-corrected chi connectivity index (χ2v) is 6.23. The average Bonchev–Trinajstić information content (AvgIpc) is 2.73. The number of nitrogens with zero attached hydrogens (tertiary/aromatic N) is 1. The first-order valence-corrected chi connectivity index (χ1v) is 7.92. The molecule has 1 unspecified atom stereocenters. The smallest absolute Gasteiger partial charge is 0.117 e. The second kappa shape index (κ2) is 6.26. The number of rotatable bonds is 6. The lowest BCUT2D eigenvalue weighted by atomic mass is 10.2. The van der Waals surface area contributed by atoms with Gasteiger partial charge < -0.3 is 5.32 Å². The molecule has 1 aromatic carbocycles. The van der Waals surface area contributed by atoms with Crippen LogP contribution >= 0.6 is 23.3 Å². The summed E-state index contributed by atoms with van der Waals surface area (Å²) in [4.78, 5) is 0. The Bertz CT molecular complexity index is 467. The summed E-state index contributed by atoms with van der Waals surface area (Å²) in [6.45, 7) is 4.45. The zero-order chi connectivity index (χ0) is 12.1. The number of nitrogens with one attached hydrogen (secondary N) is 1. The minimum atomic E-state index is 0.512. The number of thioether (sulfide) groups is 1. The lowest BCUT2D eigenvalue weighted by molar-refractivity contribution is 0.775. The van der Waals surface area contributed by atoms with Crippen molar-refractivity contribution < 1.29 is 0 Å². The van der Waals surface area contributed by atoms with Crippen molar-refractivity contribution >= 4 is 39.2 Å². The highest BCUT2D eigenvalue weighted by atomic mass is 32.2. The predicted octanol–water partition coefficient (Wildman–Crippen LogP) is 4.24. The van der Waals surface area contributed by atoms with Crippen molar-refractivity contribution in [2.45, 2.75) is 26.3 Å². The topological polar surface area (TPSA) is 24.9 Å². The third-order valence-corrected chi connectivity index (χ3v) is 4.40. The van der Waals surface area contributed by atoms with Gasteiger partial charge in [-0.3, -0.25) is 0 Å². The van der Waals surface area contributed by atoms with Crippen LogP contribution in [0.15, 0.2) is 24.3 Å². The fourth-order valence-corrected chi connectivity index (χ4v) is 3.38. The van der Waals surface area contributed by atoms with Crippen molar-refractivity contribution in [3.05, 3.63) is 24.3 Å². The third kappa shape index (κ3) is 3.36. The van der Waals surface area contributed by atoms with Gasteiger partial charge in [-0.25, -0.2) is 0 Å². The van der Waals surface area contributed by atoms with Gasteiger partial charge in [-0.2, -0.15) is 16.1 Å². The van der Waals surface area contributed by atoms with Crippen LogP contribution in [0.1, 0.15) is 20.3 Å². The van der Waals surface area contributed by atoms with Gasteiger partial charge in [-0.1, -0.05) is 19.1 Å². The van der Waals surface area contributed by atoms with Gasteiger partial charge in [0.25, 0.3) is 0 Å².